The molecule has 9 heteroatoms. The molecule has 0 fully saturated rings. The normalized spacial score (nSPS) is 15.9. The molecule has 1 N–H and O–H groups in total. The van der Waals surface area contributed by atoms with E-state index in [1.54, 1.807) is 21.3 Å². The van der Waals surface area contributed by atoms with Crippen molar-refractivity contribution >= 4 is 27.7 Å². The molecular weight excluding hydrogens is 550 g/mol. The fourth-order valence-electron chi connectivity index (χ4n) is 5.10. The van der Waals surface area contributed by atoms with Gasteiger partial charge in [-0.2, -0.15) is 5.10 Å². The number of nitrogens with zero attached hydrogens (tertiary/aromatic N) is 2. The number of benzene rings is 3. The number of hydrogen-bond donors (Lipinski definition) is 1. The predicted molar refractivity (Wildman–Crippen MR) is 146 cm³/mol. The number of fused-ring (bicyclic) bond motifs is 1. The van der Waals surface area contributed by atoms with Crippen molar-refractivity contribution in [3.63, 3.8) is 0 Å². The molecular formula is C29H24BrN3O5. The van der Waals surface area contributed by atoms with Crippen LogP contribution in [0.1, 0.15) is 17.0 Å². The molecule has 6 rings (SSSR count). The summed E-state index contributed by atoms with van der Waals surface area (Å²) in [6, 6.07) is 21.6. The number of carbonyl (C=O) groups is 1. The first-order chi connectivity index (χ1) is 18.5. The quantitative estimate of drug-likeness (QED) is 0.296. The Kier molecular flexibility index (Phi) is 6.07. The molecule has 0 aliphatic carbocycles. The van der Waals surface area contributed by atoms with E-state index in [1.165, 1.54) is 0 Å². The van der Waals surface area contributed by atoms with E-state index in [4.69, 9.17) is 24.0 Å². The summed E-state index contributed by atoms with van der Waals surface area (Å²) in [6.45, 7) is 0.155. The fourth-order valence-corrected chi connectivity index (χ4v) is 5.37. The van der Waals surface area contributed by atoms with Gasteiger partial charge in [-0.25, -0.2) is 9.48 Å². The zero-order chi connectivity index (χ0) is 26.4. The van der Waals surface area contributed by atoms with E-state index >= 15 is 0 Å². The van der Waals surface area contributed by atoms with Crippen LogP contribution < -0.4 is 19.5 Å². The van der Waals surface area contributed by atoms with Crippen LogP contribution in [0.3, 0.4) is 0 Å². The van der Waals surface area contributed by atoms with E-state index in [2.05, 4.69) is 21.2 Å². The second-order valence-corrected chi connectivity index (χ2v) is 9.77. The molecule has 1 unspecified atom stereocenters. The third-order valence-electron chi connectivity index (χ3n) is 6.80. The minimum atomic E-state index is -0.499. The lowest BCUT2D eigenvalue weighted by atomic mass is 9.80. The van der Waals surface area contributed by atoms with Gasteiger partial charge in [-0.15, -0.1) is 0 Å². The lowest BCUT2D eigenvalue weighted by Crippen LogP contribution is -2.21. The largest absolute Gasteiger partial charge is 0.493 e. The summed E-state index contributed by atoms with van der Waals surface area (Å²) >= 11 is 3.53. The minimum Gasteiger partial charge on any atom is -0.493 e. The van der Waals surface area contributed by atoms with Crippen molar-refractivity contribution in [3.8, 4) is 34.2 Å². The highest BCUT2D eigenvalue weighted by Gasteiger charge is 2.43. The van der Waals surface area contributed by atoms with Gasteiger partial charge in [0.1, 0.15) is 12.4 Å². The van der Waals surface area contributed by atoms with Crippen LogP contribution in [-0.4, -0.2) is 43.7 Å². The summed E-state index contributed by atoms with van der Waals surface area (Å²) in [7, 11) is 4.71. The molecule has 0 saturated heterocycles. The lowest BCUT2D eigenvalue weighted by Gasteiger charge is -2.27. The number of ether oxygens (including phenoxy) is 4. The maximum absolute atomic E-state index is 13.2. The lowest BCUT2D eigenvalue weighted by molar-refractivity contribution is -0.136. The summed E-state index contributed by atoms with van der Waals surface area (Å²) in [6.07, 6.45) is 0. The Bertz CT molecular complexity index is 1550. The first kappa shape index (κ1) is 24.1. The fraction of sp³-hybridized carbons (Fsp3) is 0.172. The van der Waals surface area contributed by atoms with Crippen LogP contribution in [0.4, 0.5) is 5.82 Å². The summed E-state index contributed by atoms with van der Waals surface area (Å²) in [5, 5.41) is 8.56. The summed E-state index contributed by atoms with van der Waals surface area (Å²) < 4.78 is 25.2. The Balaban J connectivity index is 1.67. The van der Waals surface area contributed by atoms with Crippen LogP contribution in [0.25, 0.3) is 16.9 Å². The maximum atomic E-state index is 13.2. The molecule has 1 aromatic heterocycles. The number of anilines is 1. The van der Waals surface area contributed by atoms with Gasteiger partial charge >= 0.3 is 5.97 Å². The number of halogens is 1. The summed E-state index contributed by atoms with van der Waals surface area (Å²) in [5.41, 5.74) is 5.43. The second kappa shape index (κ2) is 9.57. The van der Waals surface area contributed by atoms with E-state index in [-0.39, 0.29) is 12.6 Å². The third-order valence-corrected chi connectivity index (χ3v) is 7.33. The van der Waals surface area contributed by atoms with Gasteiger partial charge in [-0.3, -0.25) is 0 Å². The van der Waals surface area contributed by atoms with Gasteiger partial charge < -0.3 is 24.3 Å². The molecule has 2 aliphatic rings. The van der Waals surface area contributed by atoms with Crippen molar-refractivity contribution in [1.82, 2.24) is 9.78 Å². The predicted octanol–water partition coefficient (Wildman–Crippen LogP) is 5.70. The van der Waals surface area contributed by atoms with Crippen LogP contribution in [0.5, 0.6) is 17.2 Å². The second-order valence-electron chi connectivity index (χ2n) is 8.85. The Morgan fingerprint density at radius 2 is 1.66 bits per heavy atom. The van der Waals surface area contributed by atoms with E-state index in [9.17, 15) is 4.79 Å². The van der Waals surface area contributed by atoms with Gasteiger partial charge in [-0.05, 0) is 42.0 Å². The topological polar surface area (TPSA) is 83.8 Å². The highest BCUT2D eigenvalue weighted by atomic mass is 79.9. The Morgan fingerprint density at radius 1 is 0.974 bits per heavy atom. The smallest absolute Gasteiger partial charge is 0.337 e. The molecule has 8 nitrogen and oxygen atoms in total. The zero-order valence-corrected chi connectivity index (χ0v) is 22.5. The van der Waals surface area contributed by atoms with Gasteiger partial charge in [0.2, 0.25) is 5.75 Å². The standard InChI is InChI=1S/C29H24BrN3O5/c1-35-21-13-17(14-22(36-2)27(21)37-3)23-24-20(15-38-29(24)34)31-28-25(23)26(16-9-11-18(30)12-10-16)32-33(28)19-7-5-4-6-8-19/h4-14,23,31H,15H2,1-3H3. The van der Waals surface area contributed by atoms with Crippen LogP contribution in [0, 0.1) is 0 Å². The SMILES string of the molecule is COc1cc(C2C3=C(COC3=O)Nc3c2c(-c2ccc(Br)cc2)nn3-c2ccccc2)cc(OC)c1OC. The average Bonchev–Trinajstić information content (AvgIpc) is 3.52. The van der Waals surface area contributed by atoms with E-state index in [0.717, 1.165) is 38.4 Å². The number of esters is 1. The Hall–Kier alpha value is -4.24. The number of rotatable bonds is 6. The van der Waals surface area contributed by atoms with Crippen molar-refractivity contribution < 1.29 is 23.7 Å². The first-order valence-corrected chi connectivity index (χ1v) is 12.7. The molecule has 192 valence electrons. The molecule has 3 aromatic carbocycles. The van der Waals surface area contributed by atoms with E-state index < -0.39 is 5.92 Å². The third kappa shape index (κ3) is 3.81. The van der Waals surface area contributed by atoms with Gasteiger partial charge in [0, 0.05) is 21.5 Å². The molecule has 3 heterocycles. The van der Waals surface area contributed by atoms with Crippen molar-refractivity contribution in [1.29, 1.82) is 0 Å². The van der Waals surface area contributed by atoms with Crippen molar-refractivity contribution in [3.05, 3.63) is 93.6 Å². The van der Waals surface area contributed by atoms with Crippen LogP contribution >= 0.6 is 15.9 Å². The number of nitrogens with one attached hydrogen (secondary N) is 1. The van der Waals surface area contributed by atoms with Crippen LogP contribution in [0.2, 0.25) is 0 Å². The Morgan fingerprint density at radius 3 is 2.29 bits per heavy atom. The van der Waals surface area contributed by atoms with Crippen LogP contribution in [0.15, 0.2) is 82.5 Å². The molecule has 38 heavy (non-hydrogen) atoms. The molecule has 0 spiro atoms. The van der Waals surface area contributed by atoms with Gasteiger partial charge in [-0.1, -0.05) is 46.3 Å². The number of hydrogen-bond acceptors (Lipinski definition) is 7. The number of carbonyl (C=O) groups excluding carboxylic acids is 1. The van der Waals surface area contributed by atoms with Crippen molar-refractivity contribution in [2.75, 3.05) is 33.3 Å². The molecule has 0 radical (unpaired) electrons. The number of para-hydroxylation sites is 1. The van der Waals surface area contributed by atoms with Gasteiger partial charge in [0.15, 0.2) is 11.5 Å². The van der Waals surface area contributed by atoms with Gasteiger partial charge in [0.05, 0.1) is 44.0 Å². The maximum Gasteiger partial charge on any atom is 0.337 e. The molecule has 0 bridgehead atoms. The van der Waals surface area contributed by atoms with Crippen LogP contribution in [-0.2, 0) is 9.53 Å². The number of aromatic nitrogens is 2. The van der Waals surface area contributed by atoms with Crippen molar-refractivity contribution in [2.24, 2.45) is 0 Å². The van der Waals surface area contributed by atoms with E-state index in [0.29, 0.717) is 28.5 Å². The summed E-state index contributed by atoms with van der Waals surface area (Å²) in [4.78, 5) is 13.2. The number of methoxy groups -OCH3 is 3. The molecule has 4 aromatic rings. The molecule has 0 amide bonds. The van der Waals surface area contributed by atoms with E-state index in [1.807, 2.05) is 71.4 Å². The molecule has 0 saturated carbocycles. The van der Waals surface area contributed by atoms with Crippen molar-refractivity contribution in [2.45, 2.75) is 5.92 Å². The minimum absolute atomic E-state index is 0.155. The van der Waals surface area contributed by atoms with Gasteiger partial charge in [0.25, 0.3) is 0 Å². The Labute approximate surface area is 227 Å². The monoisotopic (exact) mass is 573 g/mol. The summed E-state index contributed by atoms with van der Waals surface area (Å²) in [5.74, 6) is 1.37. The highest BCUT2D eigenvalue weighted by Crippen LogP contribution is 2.51. The number of cyclic esters (lactones) is 1. The molecule has 1 atom stereocenters. The average molecular weight is 574 g/mol. The highest BCUT2D eigenvalue weighted by molar-refractivity contribution is 9.10. The molecule has 2 aliphatic heterocycles. The first-order valence-electron chi connectivity index (χ1n) is 12.0. The zero-order valence-electron chi connectivity index (χ0n) is 20.9.